The van der Waals surface area contributed by atoms with Crippen LogP contribution >= 0.6 is 11.6 Å². The molecule has 0 saturated heterocycles. The Labute approximate surface area is 77.8 Å². The molecule has 13 heavy (non-hydrogen) atoms. The van der Waals surface area contributed by atoms with Gasteiger partial charge in [-0.15, -0.1) is 0 Å². The monoisotopic (exact) mass is 204 g/mol. The van der Waals surface area contributed by atoms with Gasteiger partial charge < -0.3 is 12.9 Å². The van der Waals surface area contributed by atoms with E-state index in [1.54, 1.807) is 0 Å². The van der Waals surface area contributed by atoms with E-state index >= 15 is 0 Å². The molecule has 0 bridgehead atoms. The molecule has 0 amide bonds. The summed E-state index contributed by atoms with van der Waals surface area (Å²) in [5.41, 5.74) is -1.33. The summed E-state index contributed by atoms with van der Waals surface area (Å²) in [5, 5.41) is 8.53. The second-order valence-electron chi connectivity index (χ2n) is 2.42. The molecule has 0 saturated carbocycles. The molecule has 0 radical (unpaired) electrons. The van der Waals surface area contributed by atoms with Gasteiger partial charge in [-0.1, -0.05) is 23.1 Å². The van der Waals surface area contributed by atoms with Crippen LogP contribution in [0.5, 0.6) is 0 Å². The molecule has 0 aromatic heterocycles. The summed E-state index contributed by atoms with van der Waals surface area (Å²) < 4.78 is 36.7. The smallest absolute Gasteiger partial charge is 0.445 e. The van der Waals surface area contributed by atoms with Crippen molar-refractivity contribution in [2.75, 3.05) is 0 Å². The molecule has 6 heteroatoms. The van der Waals surface area contributed by atoms with E-state index in [1.165, 1.54) is 6.07 Å². The number of nitriles is 1. The lowest BCUT2D eigenvalue weighted by Gasteiger charge is -2.16. The summed E-state index contributed by atoms with van der Waals surface area (Å²) >= 11 is 5.43. The van der Waals surface area contributed by atoms with Gasteiger partial charge in [0.1, 0.15) is 0 Å². The Morgan fingerprint density at radius 2 is 1.92 bits per heavy atom. The number of benzene rings is 1. The largest absolute Gasteiger partial charge is 0.510 e. The highest BCUT2D eigenvalue weighted by Crippen LogP contribution is 2.15. The van der Waals surface area contributed by atoms with Crippen LogP contribution in [0.25, 0.3) is 0 Å². The molecule has 0 fully saturated rings. The highest BCUT2D eigenvalue weighted by atomic mass is 35.5. The molecule has 1 rings (SSSR count). The molecule has 0 aliphatic heterocycles. The number of rotatable bonds is 1. The summed E-state index contributed by atoms with van der Waals surface area (Å²) in [5.74, 6) is 0. The van der Waals surface area contributed by atoms with Gasteiger partial charge in [0.2, 0.25) is 0 Å². The van der Waals surface area contributed by atoms with Crippen LogP contribution in [0.1, 0.15) is 5.56 Å². The fraction of sp³-hybridized carbons (Fsp3) is 0. The predicted octanol–water partition coefficient (Wildman–Crippen LogP) is 2.27. The Morgan fingerprint density at radius 1 is 1.31 bits per heavy atom. The van der Waals surface area contributed by atoms with Gasteiger partial charge in [-0.2, -0.15) is 5.26 Å². The van der Waals surface area contributed by atoms with E-state index in [0.717, 1.165) is 18.2 Å². The van der Waals surface area contributed by atoms with Crippen molar-refractivity contribution in [3.8, 4) is 6.07 Å². The van der Waals surface area contributed by atoms with Gasteiger partial charge in [0.25, 0.3) is 0 Å². The predicted molar refractivity (Wildman–Crippen MR) is 44.9 cm³/mol. The van der Waals surface area contributed by atoms with Crippen LogP contribution in [-0.4, -0.2) is 6.98 Å². The first kappa shape index (κ1) is 9.94. The van der Waals surface area contributed by atoms with Crippen molar-refractivity contribution in [1.82, 2.24) is 0 Å². The van der Waals surface area contributed by atoms with E-state index in [4.69, 9.17) is 16.9 Å². The Balaban J connectivity index is 3.32. The lowest BCUT2D eigenvalue weighted by Crippen LogP contribution is -2.36. The molecule has 0 N–H and O–H groups in total. The van der Waals surface area contributed by atoms with Crippen LogP contribution < -0.4 is 5.46 Å². The molecule has 1 aromatic rings. The number of hydrogen-bond donors (Lipinski definition) is 0. The van der Waals surface area contributed by atoms with E-state index in [9.17, 15) is 12.9 Å². The molecule has 0 heterocycles. The molecule has 0 aliphatic rings. The zero-order chi connectivity index (χ0) is 10.1. The van der Waals surface area contributed by atoms with Crippen molar-refractivity contribution in [2.24, 2.45) is 0 Å². The Morgan fingerprint density at radius 3 is 2.38 bits per heavy atom. The Bertz CT molecular complexity index is 369. The fourth-order valence-corrected chi connectivity index (χ4v) is 1.08. The molecule has 1 aromatic carbocycles. The van der Waals surface area contributed by atoms with Crippen molar-refractivity contribution < 1.29 is 12.9 Å². The SMILES string of the molecule is N#Cc1cc(Cl)ccc1[B-](F)(F)F. The highest BCUT2D eigenvalue weighted by molar-refractivity contribution is 6.74. The average Bonchev–Trinajstić information content (AvgIpc) is 2.01. The Kier molecular flexibility index (Phi) is 2.53. The van der Waals surface area contributed by atoms with E-state index in [-0.39, 0.29) is 5.02 Å². The summed E-state index contributed by atoms with van der Waals surface area (Å²) in [7, 11) is 0. The maximum atomic E-state index is 12.2. The van der Waals surface area contributed by atoms with Crippen LogP contribution in [0.2, 0.25) is 5.02 Å². The van der Waals surface area contributed by atoms with Gasteiger partial charge in [-0.3, -0.25) is 0 Å². The molecular formula is C7H3BClF3N-. The second-order valence-corrected chi connectivity index (χ2v) is 2.85. The summed E-state index contributed by atoms with van der Waals surface area (Å²) in [4.78, 5) is 0. The van der Waals surface area contributed by atoms with Crippen molar-refractivity contribution in [1.29, 1.82) is 5.26 Å². The van der Waals surface area contributed by atoms with Crippen LogP contribution in [0, 0.1) is 11.3 Å². The maximum Gasteiger partial charge on any atom is 0.510 e. The van der Waals surface area contributed by atoms with E-state index in [1.807, 2.05) is 0 Å². The zero-order valence-electron chi connectivity index (χ0n) is 6.27. The van der Waals surface area contributed by atoms with Gasteiger partial charge in [-0.05, 0) is 12.1 Å². The van der Waals surface area contributed by atoms with Gasteiger partial charge in [0.05, 0.1) is 6.07 Å². The van der Waals surface area contributed by atoms with Crippen LogP contribution in [0.15, 0.2) is 18.2 Å². The molecule has 0 aliphatic carbocycles. The summed E-state index contributed by atoms with van der Waals surface area (Å²) in [6.45, 7) is -5.13. The minimum Gasteiger partial charge on any atom is -0.445 e. The van der Waals surface area contributed by atoms with E-state index < -0.39 is 18.0 Å². The van der Waals surface area contributed by atoms with Crippen molar-refractivity contribution in [2.45, 2.75) is 0 Å². The van der Waals surface area contributed by atoms with Crippen LogP contribution in [0.3, 0.4) is 0 Å². The van der Waals surface area contributed by atoms with Gasteiger partial charge in [0, 0.05) is 10.6 Å². The lowest BCUT2D eigenvalue weighted by molar-refractivity contribution is 0.501. The van der Waals surface area contributed by atoms with Crippen molar-refractivity contribution >= 4 is 24.0 Å². The molecule has 68 valence electrons. The minimum atomic E-state index is -5.13. The number of halogens is 4. The van der Waals surface area contributed by atoms with Crippen molar-refractivity contribution in [3.05, 3.63) is 28.8 Å². The zero-order valence-corrected chi connectivity index (χ0v) is 7.02. The number of nitrogens with zero attached hydrogens (tertiary/aromatic N) is 1. The Hall–Kier alpha value is -1.15. The molecule has 1 nitrogen and oxygen atoms in total. The van der Waals surface area contributed by atoms with E-state index in [0.29, 0.717) is 0 Å². The molecular weight excluding hydrogens is 201 g/mol. The van der Waals surface area contributed by atoms with Crippen molar-refractivity contribution in [3.63, 3.8) is 0 Å². The molecule has 0 atom stereocenters. The maximum absolute atomic E-state index is 12.2. The first-order chi connectivity index (χ1) is 5.95. The number of hydrogen-bond acceptors (Lipinski definition) is 1. The van der Waals surface area contributed by atoms with Gasteiger partial charge in [-0.25, -0.2) is 0 Å². The van der Waals surface area contributed by atoms with Crippen LogP contribution in [-0.2, 0) is 0 Å². The highest BCUT2D eigenvalue weighted by Gasteiger charge is 2.28. The topological polar surface area (TPSA) is 23.8 Å². The molecule has 0 unspecified atom stereocenters. The van der Waals surface area contributed by atoms with Gasteiger partial charge in [0.15, 0.2) is 0 Å². The summed E-state index contributed by atoms with van der Waals surface area (Å²) in [6, 6.07) is 4.40. The fourth-order valence-electron chi connectivity index (χ4n) is 0.911. The summed E-state index contributed by atoms with van der Waals surface area (Å²) in [6.07, 6.45) is 0. The normalized spacial score (nSPS) is 11.0. The molecule has 0 spiro atoms. The third-order valence-corrected chi connectivity index (χ3v) is 1.72. The average molecular weight is 204 g/mol. The first-order valence-corrected chi connectivity index (χ1v) is 3.72. The van der Waals surface area contributed by atoms with Crippen LogP contribution in [0.4, 0.5) is 12.9 Å². The van der Waals surface area contributed by atoms with Gasteiger partial charge >= 0.3 is 6.98 Å². The van der Waals surface area contributed by atoms with E-state index in [2.05, 4.69) is 0 Å². The first-order valence-electron chi connectivity index (χ1n) is 3.34. The minimum absolute atomic E-state index is 0.125. The standard InChI is InChI=1S/C7H3BClF3N/c9-6-1-2-7(8(10,11)12)5(3-6)4-13/h1-3H/q-1. The second kappa shape index (κ2) is 3.31. The quantitative estimate of drug-likeness (QED) is 0.644. The third kappa shape index (κ3) is 2.16. The third-order valence-electron chi connectivity index (χ3n) is 1.49. The lowest BCUT2D eigenvalue weighted by atomic mass is 9.77.